The summed E-state index contributed by atoms with van der Waals surface area (Å²) in [6.07, 6.45) is -8.27. The molecular formula is C13H16O8. The number of aromatic hydroxyl groups is 1. The molecule has 5 N–H and O–H groups in total. The van der Waals surface area contributed by atoms with Crippen LogP contribution in [0.3, 0.4) is 0 Å². The average Bonchev–Trinajstić information content (AvgIpc) is 2.50. The molecule has 1 aromatic carbocycles. The molecule has 0 saturated carbocycles. The van der Waals surface area contributed by atoms with E-state index in [0.717, 1.165) is 0 Å². The number of carbonyl (C=O) groups excluding carboxylic acids is 2. The zero-order valence-electron chi connectivity index (χ0n) is 10.9. The monoisotopic (exact) mass is 300 g/mol. The first-order valence-corrected chi connectivity index (χ1v) is 5.99. The topological polar surface area (TPSA) is 145 Å². The molecule has 116 valence electrons. The molecule has 4 atom stereocenters. The third kappa shape index (κ3) is 4.50. The fraction of sp³-hybridized carbons (Fsp3) is 0.385. The molecular weight excluding hydrogens is 284 g/mol. The van der Waals surface area contributed by atoms with Crippen LogP contribution in [0.1, 0.15) is 5.56 Å². The maximum atomic E-state index is 11.5. The maximum Gasteiger partial charge on any atom is 0.338 e. The van der Waals surface area contributed by atoms with Gasteiger partial charge in [-0.25, -0.2) is 4.79 Å². The van der Waals surface area contributed by atoms with E-state index >= 15 is 0 Å². The van der Waals surface area contributed by atoms with Gasteiger partial charge >= 0.3 is 5.97 Å². The summed E-state index contributed by atoms with van der Waals surface area (Å²) in [5.74, 6) is -1.39. The van der Waals surface area contributed by atoms with Crippen LogP contribution in [0.5, 0.6) is 5.75 Å². The molecule has 0 aliphatic heterocycles. The van der Waals surface area contributed by atoms with Crippen molar-refractivity contribution in [2.24, 2.45) is 0 Å². The number of para-hydroxylation sites is 1. The molecule has 0 fully saturated rings. The Morgan fingerprint density at radius 2 is 1.76 bits per heavy atom. The van der Waals surface area contributed by atoms with E-state index in [1.54, 1.807) is 12.1 Å². The van der Waals surface area contributed by atoms with Gasteiger partial charge in [0.25, 0.3) is 0 Å². The quantitative estimate of drug-likeness (QED) is 0.289. The highest BCUT2D eigenvalue weighted by Crippen LogP contribution is 2.17. The molecule has 21 heavy (non-hydrogen) atoms. The van der Waals surface area contributed by atoms with Crippen molar-refractivity contribution >= 4 is 12.3 Å². The highest BCUT2D eigenvalue weighted by atomic mass is 16.5. The molecule has 8 nitrogen and oxygen atoms in total. The van der Waals surface area contributed by atoms with Crippen molar-refractivity contribution < 1.29 is 39.9 Å². The summed E-state index contributed by atoms with van der Waals surface area (Å²) in [6.45, 7) is -0.360. The summed E-state index contributed by atoms with van der Waals surface area (Å²) in [7, 11) is 0. The Bertz CT molecular complexity index is 489. The van der Waals surface area contributed by atoms with Gasteiger partial charge in [0.2, 0.25) is 0 Å². The number of aliphatic hydroxyl groups is 4. The van der Waals surface area contributed by atoms with E-state index < -0.39 is 30.4 Å². The second kappa shape index (κ2) is 7.70. The van der Waals surface area contributed by atoms with Crippen LogP contribution in [-0.4, -0.2) is 62.2 Å². The van der Waals surface area contributed by atoms with E-state index in [2.05, 4.69) is 4.74 Å². The second-order valence-corrected chi connectivity index (χ2v) is 4.29. The molecule has 1 aromatic rings. The summed E-state index contributed by atoms with van der Waals surface area (Å²) in [5.41, 5.74) is 0.279. The number of aliphatic hydroxyl groups excluding tert-OH is 4. The molecule has 0 saturated heterocycles. The van der Waals surface area contributed by atoms with Crippen LogP contribution in [0.25, 0.3) is 0 Å². The van der Waals surface area contributed by atoms with Crippen molar-refractivity contribution in [1.82, 2.24) is 0 Å². The Balaban J connectivity index is 2.59. The van der Waals surface area contributed by atoms with Gasteiger partial charge in [0.1, 0.15) is 30.7 Å². The maximum absolute atomic E-state index is 11.5. The molecule has 0 aliphatic rings. The Labute approximate surface area is 119 Å². The minimum Gasteiger partial charge on any atom is -0.508 e. The first-order valence-electron chi connectivity index (χ1n) is 5.99. The summed E-state index contributed by atoms with van der Waals surface area (Å²) in [4.78, 5) is 21.7. The van der Waals surface area contributed by atoms with Crippen molar-refractivity contribution in [3.05, 3.63) is 29.8 Å². The van der Waals surface area contributed by atoms with Gasteiger partial charge in [-0.2, -0.15) is 0 Å². The fourth-order valence-corrected chi connectivity index (χ4v) is 1.48. The predicted molar refractivity (Wildman–Crippen MR) is 68.0 cm³/mol. The first kappa shape index (κ1) is 17.1. The lowest BCUT2D eigenvalue weighted by Crippen LogP contribution is -2.48. The Hall–Kier alpha value is -2.00. The zero-order valence-corrected chi connectivity index (χ0v) is 10.9. The van der Waals surface area contributed by atoms with Crippen LogP contribution in [0, 0.1) is 0 Å². The van der Waals surface area contributed by atoms with E-state index in [4.69, 9.17) is 5.11 Å². The molecule has 0 heterocycles. The summed E-state index contributed by atoms with van der Waals surface area (Å²) >= 11 is 0. The predicted octanol–water partition coefficient (Wildman–Crippen LogP) is -1.92. The van der Waals surface area contributed by atoms with Crippen molar-refractivity contribution in [3.63, 3.8) is 0 Å². The number of phenolic OH excluding ortho intramolecular Hbond substituents is 1. The van der Waals surface area contributed by atoms with Gasteiger partial charge in [-0.1, -0.05) is 18.2 Å². The van der Waals surface area contributed by atoms with E-state index in [-0.39, 0.29) is 24.2 Å². The van der Waals surface area contributed by atoms with E-state index in [1.165, 1.54) is 12.1 Å². The largest absolute Gasteiger partial charge is 0.508 e. The highest BCUT2D eigenvalue weighted by Gasteiger charge is 2.35. The van der Waals surface area contributed by atoms with Crippen LogP contribution in [-0.2, 0) is 20.9 Å². The highest BCUT2D eigenvalue weighted by molar-refractivity contribution is 5.75. The molecule has 0 amide bonds. The normalized spacial score (nSPS) is 16.6. The van der Waals surface area contributed by atoms with Crippen molar-refractivity contribution in [1.29, 1.82) is 0 Å². The summed E-state index contributed by atoms with van der Waals surface area (Å²) < 4.78 is 4.67. The molecule has 0 radical (unpaired) electrons. The van der Waals surface area contributed by atoms with Crippen molar-refractivity contribution in [3.8, 4) is 5.75 Å². The third-order valence-electron chi connectivity index (χ3n) is 2.77. The molecule has 0 bridgehead atoms. The van der Waals surface area contributed by atoms with Gasteiger partial charge < -0.3 is 35.1 Å². The number of hydrogen-bond acceptors (Lipinski definition) is 8. The summed E-state index contributed by atoms with van der Waals surface area (Å²) in [6, 6.07) is 6.02. The van der Waals surface area contributed by atoms with Crippen molar-refractivity contribution in [2.75, 3.05) is 0 Å². The number of phenols is 1. The van der Waals surface area contributed by atoms with Gasteiger partial charge in [0.15, 0.2) is 12.4 Å². The number of hydrogen-bond donors (Lipinski definition) is 5. The minimum absolute atomic E-state index is 0.0477. The smallest absolute Gasteiger partial charge is 0.338 e. The lowest BCUT2D eigenvalue weighted by atomic mass is 10.0. The van der Waals surface area contributed by atoms with Gasteiger partial charge in [-0.15, -0.1) is 0 Å². The van der Waals surface area contributed by atoms with Gasteiger partial charge in [-0.3, -0.25) is 0 Å². The van der Waals surface area contributed by atoms with Gasteiger partial charge in [-0.05, 0) is 6.07 Å². The van der Waals surface area contributed by atoms with Crippen molar-refractivity contribution in [2.45, 2.75) is 31.0 Å². The Morgan fingerprint density at radius 1 is 1.14 bits per heavy atom. The van der Waals surface area contributed by atoms with E-state index in [1.807, 2.05) is 0 Å². The number of ether oxygens (including phenoxy) is 1. The number of carbonyl (C=O) groups is 2. The zero-order chi connectivity index (χ0) is 16.0. The van der Waals surface area contributed by atoms with Crippen LogP contribution >= 0.6 is 0 Å². The molecule has 0 aliphatic carbocycles. The average molecular weight is 300 g/mol. The van der Waals surface area contributed by atoms with Crippen LogP contribution in [0.15, 0.2) is 24.3 Å². The van der Waals surface area contributed by atoms with E-state index in [9.17, 15) is 30.0 Å². The standard InChI is InChI=1S/C13H16O8/c14-5-9(16)10(17)11(18)12(19)13(20)21-6-7-3-1-2-4-8(7)15/h1-5,9-12,15-19H,6H2/t9-,10+,11-,12-/m0/s1. The lowest BCUT2D eigenvalue weighted by Gasteiger charge is -2.22. The van der Waals surface area contributed by atoms with Crippen LogP contribution < -0.4 is 0 Å². The minimum atomic E-state index is -2.15. The Morgan fingerprint density at radius 3 is 2.33 bits per heavy atom. The van der Waals surface area contributed by atoms with Crippen LogP contribution in [0.2, 0.25) is 0 Å². The molecule has 8 heteroatoms. The SMILES string of the molecule is O=C[C@H](O)[C@@H](O)[C@H](O)[C@H](O)C(=O)OCc1ccccc1O. The van der Waals surface area contributed by atoms with Crippen LogP contribution in [0.4, 0.5) is 0 Å². The molecule has 0 spiro atoms. The molecule has 1 rings (SSSR count). The lowest BCUT2D eigenvalue weighted by molar-refractivity contribution is -0.170. The third-order valence-corrected chi connectivity index (χ3v) is 2.77. The fourth-order valence-electron chi connectivity index (χ4n) is 1.48. The summed E-state index contributed by atoms with van der Waals surface area (Å²) in [5, 5.41) is 46.7. The number of rotatable bonds is 7. The Kier molecular flexibility index (Phi) is 6.25. The first-order chi connectivity index (χ1) is 9.88. The molecule has 0 unspecified atom stereocenters. The number of benzene rings is 1. The van der Waals surface area contributed by atoms with Gasteiger partial charge in [0.05, 0.1) is 0 Å². The van der Waals surface area contributed by atoms with Gasteiger partial charge in [0, 0.05) is 5.56 Å². The van der Waals surface area contributed by atoms with E-state index in [0.29, 0.717) is 0 Å². The number of esters is 1. The number of aldehydes is 1. The second-order valence-electron chi connectivity index (χ2n) is 4.29. The molecule has 0 aromatic heterocycles.